The molecule has 19 heavy (non-hydrogen) atoms. The first kappa shape index (κ1) is 13.5. The van der Waals surface area contributed by atoms with Gasteiger partial charge in [0.1, 0.15) is 0 Å². The first-order valence-corrected chi connectivity index (χ1v) is 6.71. The Kier molecular flexibility index (Phi) is 4.52. The first-order chi connectivity index (χ1) is 9.18. The Hall–Kier alpha value is -1.88. The van der Waals surface area contributed by atoms with E-state index in [9.17, 15) is 4.79 Å². The predicted octanol–water partition coefficient (Wildman–Crippen LogP) is 2.12. The lowest BCUT2D eigenvalue weighted by Gasteiger charge is -2.26. The largest absolute Gasteiger partial charge is 0.374 e. The summed E-state index contributed by atoms with van der Waals surface area (Å²) in [5, 5.41) is 1.57. The molecule has 1 aromatic carbocycles. The Labute approximate surface area is 118 Å². The minimum atomic E-state index is -0.102. The summed E-state index contributed by atoms with van der Waals surface area (Å²) in [5.41, 5.74) is 9.20. The number of para-hydroxylation sites is 1. The van der Waals surface area contributed by atoms with Gasteiger partial charge in [-0.15, -0.1) is 0 Å². The van der Waals surface area contributed by atoms with Gasteiger partial charge >= 0.3 is 0 Å². The highest BCUT2D eigenvalue weighted by molar-refractivity contribution is 7.80. The van der Waals surface area contributed by atoms with Gasteiger partial charge in [-0.25, -0.2) is 5.01 Å². The average Bonchev–Trinajstić information content (AvgIpc) is 2.46. The highest BCUT2D eigenvalue weighted by atomic mass is 32.1. The number of carbonyl (C=O) groups excluding carboxylic acids is 1. The van der Waals surface area contributed by atoms with Gasteiger partial charge in [0.05, 0.1) is 11.6 Å². The quantitative estimate of drug-likeness (QED) is 0.493. The zero-order chi connectivity index (χ0) is 13.7. The maximum absolute atomic E-state index is 12.2. The van der Waals surface area contributed by atoms with Crippen LogP contribution in [-0.4, -0.2) is 11.0 Å². The van der Waals surface area contributed by atoms with Gasteiger partial charge < -0.3 is 5.73 Å². The summed E-state index contributed by atoms with van der Waals surface area (Å²) in [6, 6.07) is 9.32. The fourth-order valence-electron chi connectivity index (χ4n) is 2.05. The van der Waals surface area contributed by atoms with E-state index in [4.69, 9.17) is 18.0 Å². The molecule has 0 radical (unpaired) electrons. The zero-order valence-electron chi connectivity index (χ0n) is 10.6. The number of amides is 1. The SMILES string of the molecule is NC(=S)N(NC(=O)C1C=CCCC1)c1ccccc1. The molecule has 4 nitrogen and oxygen atoms in total. The number of benzene rings is 1. The van der Waals surface area contributed by atoms with Crippen molar-refractivity contribution in [3.63, 3.8) is 0 Å². The maximum Gasteiger partial charge on any atom is 0.245 e. The topological polar surface area (TPSA) is 58.4 Å². The number of rotatable bonds is 2. The van der Waals surface area contributed by atoms with Crippen molar-refractivity contribution in [3.05, 3.63) is 42.5 Å². The number of hydrazine groups is 1. The number of allylic oxidation sites excluding steroid dienone is 1. The van der Waals surface area contributed by atoms with Crippen molar-refractivity contribution in [1.29, 1.82) is 0 Å². The second kappa shape index (κ2) is 6.33. The summed E-state index contributed by atoms with van der Waals surface area (Å²) < 4.78 is 0. The van der Waals surface area contributed by atoms with Crippen LogP contribution in [0.2, 0.25) is 0 Å². The highest BCUT2D eigenvalue weighted by Crippen LogP contribution is 2.18. The summed E-state index contributed by atoms with van der Waals surface area (Å²) in [6.07, 6.45) is 6.93. The molecule has 1 aliphatic carbocycles. The molecule has 100 valence electrons. The van der Waals surface area contributed by atoms with Crippen LogP contribution in [0.1, 0.15) is 19.3 Å². The Morgan fingerprint density at radius 3 is 2.68 bits per heavy atom. The third kappa shape index (κ3) is 3.54. The molecule has 0 fully saturated rings. The van der Waals surface area contributed by atoms with Crippen molar-refractivity contribution in [2.45, 2.75) is 19.3 Å². The molecule has 1 atom stereocenters. The van der Waals surface area contributed by atoms with Crippen molar-refractivity contribution >= 4 is 28.9 Å². The molecule has 5 heteroatoms. The number of nitrogens with one attached hydrogen (secondary N) is 1. The van der Waals surface area contributed by atoms with Crippen LogP contribution in [-0.2, 0) is 4.79 Å². The minimum absolute atomic E-state index is 0.0763. The Balaban J connectivity index is 2.09. The van der Waals surface area contributed by atoms with E-state index in [1.165, 1.54) is 5.01 Å². The number of nitrogens with two attached hydrogens (primary N) is 1. The molecule has 0 aromatic heterocycles. The molecule has 0 heterocycles. The number of hydrogen-bond donors (Lipinski definition) is 2. The molecular weight excluding hydrogens is 258 g/mol. The van der Waals surface area contributed by atoms with E-state index < -0.39 is 0 Å². The normalized spacial score (nSPS) is 17.8. The van der Waals surface area contributed by atoms with Crippen LogP contribution in [0.4, 0.5) is 5.69 Å². The molecule has 1 aromatic rings. The monoisotopic (exact) mass is 275 g/mol. The standard InChI is InChI=1S/C14H17N3OS/c15-14(19)17(12-9-5-2-6-10-12)16-13(18)11-7-3-1-4-8-11/h2-3,5-7,9-11H,1,4,8H2,(H2,15,19)(H,16,18). The second-order valence-corrected chi connectivity index (χ2v) is 4.87. The molecule has 1 aliphatic rings. The van der Waals surface area contributed by atoms with E-state index in [1.54, 1.807) is 0 Å². The van der Waals surface area contributed by atoms with E-state index in [0.717, 1.165) is 24.9 Å². The molecule has 3 N–H and O–H groups in total. The number of thiocarbonyl (C=S) groups is 1. The van der Waals surface area contributed by atoms with Gasteiger partial charge in [0.2, 0.25) is 5.91 Å². The third-order valence-corrected chi connectivity index (χ3v) is 3.23. The van der Waals surface area contributed by atoms with Crippen molar-refractivity contribution in [1.82, 2.24) is 5.43 Å². The van der Waals surface area contributed by atoms with Crippen LogP contribution < -0.4 is 16.2 Å². The average molecular weight is 275 g/mol. The van der Waals surface area contributed by atoms with Crippen molar-refractivity contribution < 1.29 is 4.79 Å². The molecule has 2 rings (SSSR count). The number of anilines is 1. The van der Waals surface area contributed by atoms with Gasteiger partial charge in [-0.3, -0.25) is 10.2 Å². The van der Waals surface area contributed by atoms with Gasteiger partial charge in [0.25, 0.3) is 0 Å². The maximum atomic E-state index is 12.2. The second-order valence-electron chi connectivity index (χ2n) is 4.45. The fraction of sp³-hybridized carbons (Fsp3) is 0.286. The zero-order valence-corrected chi connectivity index (χ0v) is 11.4. The number of nitrogens with zero attached hydrogens (tertiary/aromatic N) is 1. The molecule has 0 saturated heterocycles. The molecule has 0 saturated carbocycles. The lowest BCUT2D eigenvalue weighted by molar-refractivity contribution is -0.123. The Morgan fingerprint density at radius 1 is 1.37 bits per heavy atom. The first-order valence-electron chi connectivity index (χ1n) is 6.30. The van der Waals surface area contributed by atoms with Crippen LogP contribution in [0.15, 0.2) is 42.5 Å². The summed E-state index contributed by atoms with van der Waals surface area (Å²) >= 11 is 4.99. The van der Waals surface area contributed by atoms with E-state index in [1.807, 2.05) is 42.5 Å². The smallest absolute Gasteiger partial charge is 0.245 e. The van der Waals surface area contributed by atoms with Gasteiger partial charge in [0.15, 0.2) is 5.11 Å². The third-order valence-electron chi connectivity index (χ3n) is 3.05. The van der Waals surface area contributed by atoms with Crippen LogP contribution in [0.25, 0.3) is 0 Å². The Bertz CT molecular complexity index is 487. The fourth-order valence-corrected chi connectivity index (χ4v) is 2.20. The van der Waals surface area contributed by atoms with Gasteiger partial charge in [-0.05, 0) is 43.6 Å². The van der Waals surface area contributed by atoms with Gasteiger partial charge in [-0.1, -0.05) is 30.4 Å². The van der Waals surface area contributed by atoms with Crippen LogP contribution in [0, 0.1) is 5.92 Å². The molecular formula is C14H17N3OS. The summed E-state index contributed by atoms with van der Waals surface area (Å²) in [5.74, 6) is -0.179. The summed E-state index contributed by atoms with van der Waals surface area (Å²) in [4.78, 5) is 12.2. The predicted molar refractivity (Wildman–Crippen MR) is 80.3 cm³/mol. The van der Waals surface area contributed by atoms with Crippen LogP contribution >= 0.6 is 12.2 Å². The highest BCUT2D eigenvalue weighted by Gasteiger charge is 2.20. The van der Waals surface area contributed by atoms with E-state index in [2.05, 4.69) is 5.43 Å². The van der Waals surface area contributed by atoms with Gasteiger partial charge in [0, 0.05) is 0 Å². The lowest BCUT2D eigenvalue weighted by atomic mass is 9.95. The number of hydrogen-bond acceptors (Lipinski definition) is 2. The molecule has 0 spiro atoms. The lowest BCUT2D eigenvalue weighted by Crippen LogP contribution is -2.50. The van der Waals surface area contributed by atoms with E-state index in [-0.39, 0.29) is 16.9 Å². The molecule has 1 unspecified atom stereocenters. The van der Waals surface area contributed by atoms with E-state index >= 15 is 0 Å². The Morgan fingerprint density at radius 2 is 2.11 bits per heavy atom. The van der Waals surface area contributed by atoms with Crippen LogP contribution in [0.3, 0.4) is 0 Å². The van der Waals surface area contributed by atoms with Crippen molar-refractivity contribution in [2.75, 3.05) is 5.01 Å². The van der Waals surface area contributed by atoms with Gasteiger partial charge in [-0.2, -0.15) is 0 Å². The van der Waals surface area contributed by atoms with Crippen molar-refractivity contribution in [2.24, 2.45) is 11.7 Å². The summed E-state index contributed by atoms with van der Waals surface area (Å²) in [7, 11) is 0. The van der Waals surface area contributed by atoms with Crippen LogP contribution in [0.5, 0.6) is 0 Å². The minimum Gasteiger partial charge on any atom is -0.374 e. The van der Waals surface area contributed by atoms with Crippen molar-refractivity contribution in [3.8, 4) is 0 Å². The summed E-state index contributed by atoms with van der Waals surface area (Å²) in [6.45, 7) is 0. The molecule has 0 bridgehead atoms. The molecule has 0 aliphatic heterocycles. The molecule has 1 amide bonds. The van der Waals surface area contributed by atoms with E-state index in [0.29, 0.717) is 0 Å². The number of carbonyl (C=O) groups is 1.